The van der Waals surface area contributed by atoms with Crippen LogP contribution in [0.2, 0.25) is 0 Å². The molecule has 0 amide bonds. The highest BCUT2D eigenvalue weighted by Crippen LogP contribution is 2.34. The highest BCUT2D eigenvalue weighted by molar-refractivity contribution is 9.10. The molecule has 2 rings (SSSR count). The standard InChI is InChI=1S/C13H17BrN2O4S/c1-2-20-13(17)8-16(10-4-5-10)21(18,19)12-6-3-9(15)7-11(12)14/h3,6-7,10H,2,4-5,8,15H2,1H3. The zero-order chi connectivity index (χ0) is 15.6. The van der Waals surface area contributed by atoms with E-state index in [0.29, 0.717) is 10.2 Å². The lowest BCUT2D eigenvalue weighted by Gasteiger charge is -2.21. The lowest BCUT2D eigenvalue weighted by molar-refractivity contribution is -0.143. The molecule has 6 nitrogen and oxygen atoms in total. The van der Waals surface area contributed by atoms with E-state index in [1.165, 1.54) is 22.5 Å². The number of sulfonamides is 1. The van der Waals surface area contributed by atoms with Crippen LogP contribution < -0.4 is 5.73 Å². The minimum absolute atomic E-state index is 0.105. The molecule has 1 fully saturated rings. The number of rotatable bonds is 6. The van der Waals surface area contributed by atoms with Crippen LogP contribution >= 0.6 is 15.9 Å². The Labute approximate surface area is 132 Å². The Balaban J connectivity index is 2.31. The second kappa shape index (κ2) is 6.33. The maximum absolute atomic E-state index is 12.7. The van der Waals surface area contributed by atoms with Gasteiger partial charge in [0.05, 0.1) is 11.5 Å². The largest absolute Gasteiger partial charge is 0.465 e. The topological polar surface area (TPSA) is 89.7 Å². The second-order valence-corrected chi connectivity index (χ2v) is 7.49. The molecule has 2 N–H and O–H groups in total. The molecule has 0 atom stereocenters. The van der Waals surface area contributed by atoms with E-state index in [0.717, 1.165) is 12.8 Å². The van der Waals surface area contributed by atoms with Gasteiger partial charge in [-0.25, -0.2) is 8.42 Å². The average molecular weight is 377 g/mol. The van der Waals surface area contributed by atoms with E-state index in [2.05, 4.69) is 15.9 Å². The fourth-order valence-electron chi connectivity index (χ4n) is 1.96. The molecule has 1 aromatic carbocycles. The Morgan fingerprint density at radius 1 is 1.48 bits per heavy atom. The van der Waals surface area contributed by atoms with Crippen molar-refractivity contribution >= 4 is 37.6 Å². The third-order valence-electron chi connectivity index (χ3n) is 3.09. The highest BCUT2D eigenvalue weighted by Gasteiger charge is 2.40. The maximum Gasteiger partial charge on any atom is 0.321 e. The van der Waals surface area contributed by atoms with E-state index >= 15 is 0 Å². The van der Waals surface area contributed by atoms with Gasteiger partial charge in [-0.3, -0.25) is 4.79 Å². The molecule has 1 aliphatic rings. The minimum Gasteiger partial charge on any atom is -0.465 e. The fraction of sp³-hybridized carbons (Fsp3) is 0.462. The van der Waals surface area contributed by atoms with Gasteiger partial charge in [0.25, 0.3) is 0 Å². The molecule has 0 spiro atoms. The zero-order valence-electron chi connectivity index (χ0n) is 11.6. The molecule has 0 aromatic heterocycles. The first-order valence-electron chi connectivity index (χ1n) is 6.58. The molecule has 0 aliphatic heterocycles. The van der Waals surface area contributed by atoms with E-state index in [1.54, 1.807) is 6.92 Å². The number of ether oxygens (including phenoxy) is 1. The third-order valence-corrected chi connectivity index (χ3v) is 5.96. The predicted octanol–water partition coefficient (Wildman–Crippen LogP) is 1.75. The van der Waals surface area contributed by atoms with Gasteiger partial charge in [-0.2, -0.15) is 4.31 Å². The Hall–Kier alpha value is -1.12. The van der Waals surface area contributed by atoms with E-state index in [-0.39, 0.29) is 24.1 Å². The SMILES string of the molecule is CCOC(=O)CN(C1CC1)S(=O)(=O)c1ccc(N)cc1Br. The van der Waals surface area contributed by atoms with Gasteiger partial charge in [-0.1, -0.05) is 0 Å². The highest BCUT2D eigenvalue weighted by atomic mass is 79.9. The molecule has 0 heterocycles. The summed E-state index contributed by atoms with van der Waals surface area (Å²) < 4.78 is 31.9. The summed E-state index contributed by atoms with van der Waals surface area (Å²) in [7, 11) is -3.77. The van der Waals surface area contributed by atoms with Crippen molar-refractivity contribution in [3.8, 4) is 0 Å². The summed E-state index contributed by atoms with van der Waals surface area (Å²) in [5.74, 6) is -0.542. The van der Waals surface area contributed by atoms with Crippen molar-refractivity contribution in [2.24, 2.45) is 0 Å². The molecule has 1 aromatic rings. The van der Waals surface area contributed by atoms with Gasteiger partial charge >= 0.3 is 5.97 Å². The van der Waals surface area contributed by atoms with Crippen LogP contribution in [-0.2, 0) is 19.6 Å². The number of carbonyl (C=O) groups is 1. The molecule has 8 heteroatoms. The van der Waals surface area contributed by atoms with Crippen LogP contribution in [0, 0.1) is 0 Å². The minimum atomic E-state index is -3.77. The molecule has 1 aliphatic carbocycles. The van der Waals surface area contributed by atoms with E-state index in [9.17, 15) is 13.2 Å². The number of nitrogens with two attached hydrogens (primary N) is 1. The quantitative estimate of drug-likeness (QED) is 0.603. The molecule has 0 saturated heterocycles. The number of esters is 1. The number of hydrogen-bond donors (Lipinski definition) is 1. The van der Waals surface area contributed by atoms with Crippen molar-refractivity contribution in [1.82, 2.24) is 4.31 Å². The van der Waals surface area contributed by atoms with E-state index < -0.39 is 16.0 Å². The van der Waals surface area contributed by atoms with Crippen LogP contribution in [0.15, 0.2) is 27.6 Å². The number of nitrogen functional groups attached to an aromatic ring is 1. The summed E-state index contributed by atoms with van der Waals surface area (Å²) >= 11 is 3.22. The number of carbonyl (C=O) groups excluding carboxylic acids is 1. The Morgan fingerprint density at radius 3 is 2.67 bits per heavy atom. The molecular weight excluding hydrogens is 360 g/mol. The first-order valence-corrected chi connectivity index (χ1v) is 8.82. The normalized spacial score (nSPS) is 15.2. The maximum atomic E-state index is 12.7. The molecule has 0 bridgehead atoms. The number of nitrogens with zero attached hydrogens (tertiary/aromatic N) is 1. The summed E-state index contributed by atoms with van der Waals surface area (Å²) in [5, 5.41) is 0. The summed E-state index contributed by atoms with van der Waals surface area (Å²) in [4.78, 5) is 11.7. The number of benzene rings is 1. The molecule has 1 saturated carbocycles. The summed E-state index contributed by atoms with van der Waals surface area (Å²) in [6.07, 6.45) is 1.51. The summed E-state index contributed by atoms with van der Waals surface area (Å²) in [6, 6.07) is 4.36. The van der Waals surface area contributed by atoms with Crippen LogP contribution in [0.5, 0.6) is 0 Å². The Kier molecular flexibility index (Phi) is 4.90. The van der Waals surface area contributed by atoms with Crippen LogP contribution in [0.1, 0.15) is 19.8 Å². The summed E-state index contributed by atoms with van der Waals surface area (Å²) in [6.45, 7) is 1.64. The summed E-state index contributed by atoms with van der Waals surface area (Å²) in [5.41, 5.74) is 6.09. The molecule has 0 radical (unpaired) electrons. The molecule has 21 heavy (non-hydrogen) atoms. The van der Waals surface area contributed by atoms with Crippen LogP contribution in [0.25, 0.3) is 0 Å². The first kappa shape index (κ1) is 16.3. The van der Waals surface area contributed by atoms with Crippen LogP contribution in [0.4, 0.5) is 5.69 Å². The first-order chi connectivity index (χ1) is 9.86. The van der Waals surface area contributed by atoms with Crippen LogP contribution in [-0.4, -0.2) is 37.9 Å². The van der Waals surface area contributed by atoms with Gasteiger partial charge in [-0.15, -0.1) is 0 Å². The lowest BCUT2D eigenvalue weighted by atomic mass is 10.3. The van der Waals surface area contributed by atoms with Gasteiger partial charge in [-0.05, 0) is 53.9 Å². The number of anilines is 1. The van der Waals surface area contributed by atoms with Crippen LogP contribution in [0.3, 0.4) is 0 Å². The third kappa shape index (κ3) is 3.75. The Bertz CT molecular complexity index is 644. The fourth-order valence-corrected chi connectivity index (χ4v) is 4.65. The molecule has 116 valence electrons. The molecular formula is C13H17BrN2O4S. The van der Waals surface area contributed by atoms with E-state index in [1.807, 2.05) is 0 Å². The average Bonchev–Trinajstić information content (AvgIpc) is 3.19. The van der Waals surface area contributed by atoms with Gasteiger partial charge in [0.15, 0.2) is 0 Å². The second-order valence-electron chi connectivity index (χ2n) is 4.78. The predicted molar refractivity (Wildman–Crippen MR) is 82.1 cm³/mol. The molecule has 0 unspecified atom stereocenters. The Morgan fingerprint density at radius 2 is 2.14 bits per heavy atom. The van der Waals surface area contributed by atoms with Gasteiger partial charge < -0.3 is 10.5 Å². The van der Waals surface area contributed by atoms with E-state index in [4.69, 9.17) is 10.5 Å². The van der Waals surface area contributed by atoms with Gasteiger partial charge in [0, 0.05) is 16.2 Å². The van der Waals surface area contributed by atoms with Crippen molar-refractivity contribution in [1.29, 1.82) is 0 Å². The monoisotopic (exact) mass is 376 g/mol. The van der Waals surface area contributed by atoms with Crippen molar-refractivity contribution in [2.45, 2.75) is 30.7 Å². The number of halogens is 1. The van der Waals surface area contributed by atoms with Gasteiger partial charge in [0.2, 0.25) is 10.0 Å². The number of hydrogen-bond acceptors (Lipinski definition) is 5. The van der Waals surface area contributed by atoms with Crippen molar-refractivity contribution in [3.63, 3.8) is 0 Å². The van der Waals surface area contributed by atoms with Gasteiger partial charge in [0.1, 0.15) is 6.54 Å². The smallest absolute Gasteiger partial charge is 0.321 e. The van der Waals surface area contributed by atoms with Crippen molar-refractivity contribution < 1.29 is 17.9 Å². The zero-order valence-corrected chi connectivity index (χ0v) is 14.0. The van der Waals surface area contributed by atoms with Crippen molar-refractivity contribution in [2.75, 3.05) is 18.9 Å². The lowest BCUT2D eigenvalue weighted by Crippen LogP contribution is -2.38. The van der Waals surface area contributed by atoms with Crippen molar-refractivity contribution in [3.05, 3.63) is 22.7 Å².